The lowest BCUT2D eigenvalue weighted by molar-refractivity contribution is -0.122. The van der Waals surface area contributed by atoms with Crippen molar-refractivity contribution in [1.82, 2.24) is 10.6 Å². The number of hydrogen-bond donors (Lipinski definition) is 2. The Morgan fingerprint density at radius 3 is 2.50 bits per heavy atom. The molecule has 2 N–H and O–H groups in total. The number of sulfone groups is 1. The van der Waals surface area contributed by atoms with E-state index in [9.17, 15) is 13.2 Å². The summed E-state index contributed by atoms with van der Waals surface area (Å²) in [5.41, 5.74) is 0. The fourth-order valence-electron chi connectivity index (χ4n) is 0.983. The third-order valence-electron chi connectivity index (χ3n) is 1.92. The predicted octanol–water partition coefficient (Wildman–Crippen LogP) is -1.23. The summed E-state index contributed by atoms with van der Waals surface area (Å²) in [6, 6.07) is -0.404. The maximum Gasteiger partial charge on any atom is 0.236 e. The smallest absolute Gasteiger partial charge is 0.236 e. The molecule has 16 heavy (non-hydrogen) atoms. The van der Waals surface area contributed by atoms with Crippen molar-refractivity contribution in [1.29, 1.82) is 0 Å². The summed E-state index contributed by atoms with van der Waals surface area (Å²) in [6.07, 6.45) is 1.16. The van der Waals surface area contributed by atoms with Gasteiger partial charge in [-0.05, 0) is 6.92 Å². The normalized spacial score (nSPS) is 13.4. The first-order valence-electron chi connectivity index (χ1n) is 5.04. The van der Waals surface area contributed by atoms with Gasteiger partial charge in [0, 0.05) is 26.5 Å². The second-order valence-corrected chi connectivity index (χ2v) is 5.85. The second-order valence-electron chi connectivity index (χ2n) is 3.59. The molecule has 0 saturated heterocycles. The Bertz CT molecular complexity index is 303. The zero-order chi connectivity index (χ0) is 12.6. The van der Waals surface area contributed by atoms with Gasteiger partial charge in [0.1, 0.15) is 9.84 Å². The van der Waals surface area contributed by atoms with E-state index in [1.54, 1.807) is 14.0 Å². The van der Waals surface area contributed by atoms with Gasteiger partial charge < -0.3 is 15.4 Å². The third kappa shape index (κ3) is 8.63. The van der Waals surface area contributed by atoms with E-state index in [1.165, 1.54) is 0 Å². The lowest BCUT2D eigenvalue weighted by Gasteiger charge is -2.13. The van der Waals surface area contributed by atoms with Crippen molar-refractivity contribution >= 4 is 15.7 Å². The standard InChI is InChI=1S/C9H20N2O4S/c1-8(9(12)11-4-6-15-2)10-5-7-16(3,13)14/h8,10H,4-7H2,1-3H3,(H,11,12). The summed E-state index contributed by atoms with van der Waals surface area (Å²) in [4.78, 5) is 11.4. The highest BCUT2D eigenvalue weighted by molar-refractivity contribution is 7.90. The van der Waals surface area contributed by atoms with Gasteiger partial charge >= 0.3 is 0 Å². The monoisotopic (exact) mass is 252 g/mol. The summed E-state index contributed by atoms with van der Waals surface area (Å²) < 4.78 is 26.5. The molecule has 0 aromatic heterocycles. The minimum atomic E-state index is -2.98. The first-order valence-corrected chi connectivity index (χ1v) is 7.10. The summed E-state index contributed by atoms with van der Waals surface area (Å²) in [5.74, 6) is -0.131. The molecule has 96 valence electrons. The van der Waals surface area contributed by atoms with Crippen LogP contribution < -0.4 is 10.6 Å². The zero-order valence-corrected chi connectivity index (χ0v) is 10.8. The zero-order valence-electron chi connectivity index (χ0n) is 9.95. The molecule has 0 aromatic carbocycles. The molecule has 0 aliphatic heterocycles. The molecule has 1 amide bonds. The summed E-state index contributed by atoms with van der Waals surface area (Å²) >= 11 is 0. The van der Waals surface area contributed by atoms with E-state index < -0.39 is 15.9 Å². The molecule has 0 rings (SSSR count). The average molecular weight is 252 g/mol. The Morgan fingerprint density at radius 2 is 2.00 bits per heavy atom. The maximum atomic E-state index is 11.4. The first-order chi connectivity index (χ1) is 7.37. The van der Waals surface area contributed by atoms with Crippen molar-refractivity contribution in [2.75, 3.05) is 38.8 Å². The first kappa shape index (κ1) is 15.3. The quantitative estimate of drug-likeness (QED) is 0.529. The summed E-state index contributed by atoms with van der Waals surface area (Å²) in [5, 5.41) is 5.49. The highest BCUT2D eigenvalue weighted by Gasteiger charge is 2.11. The lowest BCUT2D eigenvalue weighted by atomic mass is 10.3. The van der Waals surface area contributed by atoms with E-state index >= 15 is 0 Å². The molecule has 0 aliphatic carbocycles. The molecular formula is C9H20N2O4S. The average Bonchev–Trinajstić information content (AvgIpc) is 2.15. The fourth-order valence-corrected chi connectivity index (χ4v) is 1.47. The molecule has 0 radical (unpaired) electrons. The minimum Gasteiger partial charge on any atom is -0.383 e. The molecule has 0 bridgehead atoms. The molecule has 7 heteroatoms. The van der Waals surface area contributed by atoms with Crippen LogP contribution in [-0.4, -0.2) is 59.2 Å². The lowest BCUT2D eigenvalue weighted by Crippen LogP contribution is -2.44. The fraction of sp³-hybridized carbons (Fsp3) is 0.889. The Kier molecular flexibility index (Phi) is 7.27. The van der Waals surface area contributed by atoms with E-state index in [1.807, 2.05) is 0 Å². The molecule has 6 nitrogen and oxygen atoms in total. The van der Waals surface area contributed by atoms with Gasteiger partial charge in [0.05, 0.1) is 18.4 Å². The predicted molar refractivity (Wildman–Crippen MR) is 62.1 cm³/mol. The molecule has 0 aliphatic rings. The van der Waals surface area contributed by atoms with Crippen LogP contribution in [0.1, 0.15) is 6.92 Å². The molecule has 0 fully saturated rings. The van der Waals surface area contributed by atoms with Crippen LogP contribution in [0.15, 0.2) is 0 Å². The van der Waals surface area contributed by atoms with Crippen molar-refractivity contribution in [3.63, 3.8) is 0 Å². The Hall–Kier alpha value is -0.660. The summed E-state index contributed by atoms with van der Waals surface area (Å²) in [6.45, 7) is 2.87. The third-order valence-corrected chi connectivity index (χ3v) is 2.87. The van der Waals surface area contributed by atoms with Crippen molar-refractivity contribution in [3.8, 4) is 0 Å². The number of carbonyl (C=O) groups excluding carboxylic acids is 1. The van der Waals surface area contributed by atoms with Crippen molar-refractivity contribution in [3.05, 3.63) is 0 Å². The van der Waals surface area contributed by atoms with E-state index in [4.69, 9.17) is 4.74 Å². The molecule has 0 spiro atoms. The molecular weight excluding hydrogens is 232 g/mol. The van der Waals surface area contributed by atoms with Gasteiger partial charge in [-0.15, -0.1) is 0 Å². The van der Waals surface area contributed by atoms with Gasteiger partial charge in [-0.1, -0.05) is 0 Å². The van der Waals surface area contributed by atoms with Crippen LogP contribution in [0, 0.1) is 0 Å². The number of methoxy groups -OCH3 is 1. The highest BCUT2D eigenvalue weighted by Crippen LogP contribution is 1.84. The molecule has 1 unspecified atom stereocenters. The number of nitrogens with one attached hydrogen (secondary N) is 2. The highest BCUT2D eigenvalue weighted by atomic mass is 32.2. The van der Waals surface area contributed by atoms with Crippen molar-refractivity contribution < 1.29 is 17.9 Å². The topological polar surface area (TPSA) is 84.5 Å². The number of hydrogen-bond acceptors (Lipinski definition) is 5. The van der Waals surface area contributed by atoms with Crippen LogP contribution >= 0.6 is 0 Å². The molecule has 0 heterocycles. The van der Waals surface area contributed by atoms with E-state index in [2.05, 4.69) is 10.6 Å². The van der Waals surface area contributed by atoms with Gasteiger partial charge in [-0.2, -0.15) is 0 Å². The Labute approximate surface area is 96.7 Å². The van der Waals surface area contributed by atoms with Gasteiger partial charge in [0.2, 0.25) is 5.91 Å². The van der Waals surface area contributed by atoms with Gasteiger partial charge in [-0.3, -0.25) is 4.79 Å². The Morgan fingerprint density at radius 1 is 1.38 bits per heavy atom. The second kappa shape index (κ2) is 7.59. The number of amides is 1. The van der Waals surface area contributed by atoms with E-state index in [-0.39, 0.29) is 18.2 Å². The van der Waals surface area contributed by atoms with Crippen LogP contribution in [0.2, 0.25) is 0 Å². The minimum absolute atomic E-state index is 0.0304. The van der Waals surface area contributed by atoms with Crippen molar-refractivity contribution in [2.45, 2.75) is 13.0 Å². The maximum absolute atomic E-state index is 11.4. The SMILES string of the molecule is COCCNC(=O)C(C)NCCS(C)(=O)=O. The van der Waals surface area contributed by atoms with Crippen LogP contribution in [0.3, 0.4) is 0 Å². The van der Waals surface area contributed by atoms with E-state index in [0.717, 1.165) is 6.26 Å². The van der Waals surface area contributed by atoms with Crippen LogP contribution in [0.5, 0.6) is 0 Å². The summed E-state index contributed by atoms with van der Waals surface area (Å²) in [7, 11) is -1.43. The van der Waals surface area contributed by atoms with Gasteiger partial charge in [0.15, 0.2) is 0 Å². The number of rotatable bonds is 8. The largest absolute Gasteiger partial charge is 0.383 e. The van der Waals surface area contributed by atoms with Crippen LogP contribution in [0.25, 0.3) is 0 Å². The molecule has 1 atom stereocenters. The number of carbonyl (C=O) groups is 1. The van der Waals surface area contributed by atoms with Crippen molar-refractivity contribution in [2.24, 2.45) is 0 Å². The van der Waals surface area contributed by atoms with Gasteiger partial charge in [-0.25, -0.2) is 8.42 Å². The van der Waals surface area contributed by atoms with E-state index in [0.29, 0.717) is 13.2 Å². The molecule has 0 saturated carbocycles. The number of ether oxygens (including phenoxy) is 1. The van der Waals surface area contributed by atoms with Crippen LogP contribution in [-0.2, 0) is 19.4 Å². The molecule has 0 aromatic rings. The Balaban J connectivity index is 3.71. The van der Waals surface area contributed by atoms with Crippen LogP contribution in [0.4, 0.5) is 0 Å². The van der Waals surface area contributed by atoms with Gasteiger partial charge in [0.25, 0.3) is 0 Å².